The third kappa shape index (κ3) is 6.78. The van der Waals surface area contributed by atoms with Crippen LogP contribution in [0.15, 0.2) is 71.6 Å². The van der Waals surface area contributed by atoms with Gasteiger partial charge in [0.2, 0.25) is 5.91 Å². The van der Waals surface area contributed by atoms with E-state index < -0.39 is 29.4 Å². The summed E-state index contributed by atoms with van der Waals surface area (Å²) in [6.07, 6.45) is 1.53. The number of amides is 4. The second kappa shape index (κ2) is 11.9. The number of nitrogens with one attached hydrogen (secondary N) is 2. The number of imide groups is 1. The van der Waals surface area contributed by atoms with Crippen LogP contribution in [0.1, 0.15) is 11.1 Å². The number of aryl methyl sites for hydroxylation is 1. The van der Waals surface area contributed by atoms with Crippen molar-refractivity contribution in [2.75, 3.05) is 23.8 Å². The van der Waals surface area contributed by atoms with E-state index >= 15 is 0 Å². The highest BCUT2D eigenvalue weighted by Crippen LogP contribution is 2.32. The van der Waals surface area contributed by atoms with Crippen molar-refractivity contribution >= 4 is 63.8 Å². The van der Waals surface area contributed by atoms with Gasteiger partial charge >= 0.3 is 0 Å². The molecule has 1 saturated heterocycles. The van der Waals surface area contributed by atoms with Gasteiger partial charge in [-0.3, -0.25) is 24.1 Å². The number of carbonyl (C=O) groups excluding carboxylic acids is 4. The molecule has 4 rings (SSSR count). The zero-order chi connectivity index (χ0) is 27.2. The van der Waals surface area contributed by atoms with Gasteiger partial charge in [0.15, 0.2) is 6.61 Å². The number of carbonyl (C=O) groups is 4. The lowest BCUT2D eigenvalue weighted by molar-refractivity contribution is -0.127. The summed E-state index contributed by atoms with van der Waals surface area (Å²) < 4.78 is 18.8. The van der Waals surface area contributed by atoms with Crippen LogP contribution in [-0.2, 0) is 14.4 Å². The Morgan fingerprint density at radius 1 is 1.03 bits per heavy atom. The van der Waals surface area contributed by atoms with Gasteiger partial charge in [-0.15, -0.1) is 0 Å². The maximum absolute atomic E-state index is 13.3. The van der Waals surface area contributed by atoms with Crippen LogP contribution in [-0.4, -0.2) is 41.0 Å². The fourth-order valence-electron chi connectivity index (χ4n) is 3.41. The van der Waals surface area contributed by atoms with E-state index in [1.54, 1.807) is 30.3 Å². The van der Waals surface area contributed by atoms with Crippen LogP contribution in [0.3, 0.4) is 0 Å². The van der Waals surface area contributed by atoms with Crippen molar-refractivity contribution in [2.45, 2.75) is 6.92 Å². The third-order valence-corrected chi connectivity index (χ3v) is 6.54. The molecule has 0 saturated carbocycles. The number of para-hydroxylation sites is 1. The Hall–Kier alpha value is -4.15. The van der Waals surface area contributed by atoms with Gasteiger partial charge in [-0.2, -0.15) is 0 Å². The van der Waals surface area contributed by atoms with E-state index in [4.69, 9.17) is 16.3 Å². The molecule has 0 unspecified atom stereocenters. The zero-order valence-electron chi connectivity index (χ0n) is 20.0. The number of rotatable bonds is 8. The van der Waals surface area contributed by atoms with Crippen LogP contribution in [0.25, 0.3) is 6.08 Å². The molecule has 38 heavy (non-hydrogen) atoms. The van der Waals surface area contributed by atoms with Crippen LogP contribution in [0, 0.1) is 12.7 Å². The van der Waals surface area contributed by atoms with E-state index in [1.807, 2.05) is 25.1 Å². The molecule has 0 radical (unpaired) electrons. The van der Waals surface area contributed by atoms with Crippen molar-refractivity contribution in [2.24, 2.45) is 0 Å². The van der Waals surface area contributed by atoms with E-state index in [2.05, 4.69) is 10.6 Å². The van der Waals surface area contributed by atoms with Crippen LogP contribution in [0.4, 0.5) is 20.6 Å². The Kier molecular flexibility index (Phi) is 8.45. The predicted molar refractivity (Wildman–Crippen MR) is 144 cm³/mol. The lowest BCUT2D eigenvalue weighted by Crippen LogP contribution is -2.36. The highest BCUT2D eigenvalue weighted by Gasteiger charge is 2.36. The highest BCUT2D eigenvalue weighted by atomic mass is 35.5. The Morgan fingerprint density at radius 2 is 1.76 bits per heavy atom. The van der Waals surface area contributed by atoms with E-state index in [1.165, 1.54) is 18.2 Å². The van der Waals surface area contributed by atoms with Gasteiger partial charge < -0.3 is 15.4 Å². The Balaban J connectivity index is 1.31. The summed E-state index contributed by atoms with van der Waals surface area (Å²) in [7, 11) is 0. The summed E-state index contributed by atoms with van der Waals surface area (Å²) >= 11 is 6.42. The van der Waals surface area contributed by atoms with Crippen molar-refractivity contribution in [1.29, 1.82) is 0 Å². The van der Waals surface area contributed by atoms with Gasteiger partial charge in [0, 0.05) is 11.4 Å². The van der Waals surface area contributed by atoms with Crippen molar-refractivity contribution in [3.63, 3.8) is 0 Å². The minimum Gasteiger partial charge on any atom is -0.484 e. The molecular formula is C27H21ClFN3O5S. The van der Waals surface area contributed by atoms with Crippen molar-refractivity contribution in [1.82, 2.24) is 4.90 Å². The number of anilines is 2. The van der Waals surface area contributed by atoms with Gasteiger partial charge in [-0.05, 0) is 72.3 Å². The Bertz CT molecular complexity index is 1440. The fourth-order valence-corrected chi connectivity index (χ4v) is 4.43. The zero-order valence-corrected chi connectivity index (χ0v) is 21.6. The molecule has 2 N–H and O–H groups in total. The summed E-state index contributed by atoms with van der Waals surface area (Å²) in [5.74, 6) is -1.73. The largest absolute Gasteiger partial charge is 0.484 e. The molecule has 1 aliphatic rings. The molecule has 1 aliphatic heterocycles. The standard InChI is InChI=1S/C27H21ClFN3O5S/c1-16-4-2-3-5-22(16)31-25(34)15-37-19-9-6-17(7-10-19)12-23-26(35)32(27(36)38-23)14-24(33)30-18-8-11-21(29)20(28)13-18/h2-13H,14-15H2,1H3,(H,30,33)(H,31,34)/b23-12-. The molecule has 3 aromatic rings. The SMILES string of the molecule is Cc1ccccc1NC(=O)COc1ccc(/C=C2\SC(=O)N(CC(=O)Nc3ccc(F)c(Cl)c3)C2=O)cc1. The minimum atomic E-state index is -0.635. The van der Waals surface area contributed by atoms with E-state index in [0.29, 0.717) is 28.8 Å². The second-order valence-corrected chi connectivity index (χ2v) is 9.57. The minimum absolute atomic E-state index is 0.152. The second-order valence-electron chi connectivity index (χ2n) is 8.17. The maximum atomic E-state index is 13.3. The molecule has 11 heteroatoms. The van der Waals surface area contributed by atoms with Crippen molar-refractivity contribution in [3.05, 3.63) is 93.6 Å². The molecule has 0 aliphatic carbocycles. The molecule has 0 bridgehead atoms. The number of hydrogen-bond acceptors (Lipinski definition) is 6. The summed E-state index contributed by atoms with van der Waals surface area (Å²) in [4.78, 5) is 50.5. The third-order valence-electron chi connectivity index (χ3n) is 5.35. The maximum Gasteiger partial charge on any atom is 0.294 e. The van der Waals surface area contributed by atoms with E-state index in [-0.39, 0.29) is 28.1 Å². The predicted octanol–water partition coefficient (Wildman–Crippen LogP) is 5.48. The average Bonchev–Trinajstić information content (AvgIpc) is 3.14. The fraction of sp³-hybridized carbons (Fsp3) is 0.111. The first kappa shape index (κ1) is 26.9. The molecule has 8 nitrogen and oxygen atoms in total. The van der Waals surface area contributed by atoms with Crippen molar-refractivity contribution in [3.8, 4) is 5.75 Å². The number of hydrogen-bond donors (Lipinski definition) is 2. The molecule has 1 fully saturated rings. The molecule has 0 spiro atoms. The first-order valence-electron chi connectivity index (χ1n) is 11.3. The monoisotopic (exact) mass is 553 g/mol. The van der Waals surface area contributed by atoms with Crippen LogP contribution in [0.2, 0.25) is 5.02 Å². The Morgan fingerprint density at radius 3 is 2.47 bits per heavy atom. The van der Waals surface area contributed by atoms with Gasteiger partial charge in [-0.25, -0.2) is 4.39 Å². The quantitative estimate of drug-likeness (QED) is 0.358. The summed E-state index contributed by atoms with van der Waals surface area (Å²) in [6, 6.07) is 17.7. The van der Waals surface area contributed by atoms with Gasteiger partial charge in [-0.1, -0.05) is 41.9 Å². The van der Waals surface area contributed by atoms with E-state index in [9.17, 15) is 23.6 Å². The normalized spacial score (nSPS) is 14.1. The van der Waals surface area contributed by atoms with Gasteiger partial charge in [0.1, 0.15) is 18.1 Å². The van der Waals surface area contributed by atoms with Crippen LogP contribution < -0.4 is 15.4 Å². The van der Waals surface area contributed by atoms with Crippen LogP contribution >= 0.6 is 23.4 Å². The van der Waals surface area contributed by atoms with E-state index in [0.717, 1.165) is 16.5 Å². The lowest BCUT2D eigenvalue weighted by Gasteiger charge is -2.12. The van der Waals surface area contributed by atoms with Gasteiger partial charge in [0.05, 0.1) is 9.93 Å². The molecule has 194 valence electrons. The lowest BCUT2D eigenvalue weighted by atomic mass is 10.2. The first-order valence-corrected chi connectivity index (χ1v) is 12.5. The number of nitrogens with zero attached hydrogens (tertiary/aromatic N) is 1. The molecule has 0 aromatic heterocycles. The van der Waals surface area contributed by atoms with Gasteiger partial charge in [0.25, 0.3) is 17.1 Å². The number of halogens is 2. The molecule has 4 amide bonds. The molecule has 1 heterocycles. The average molecular weight is 554 g/mol. The molecular weight excluding hydrogens is 533 g/mol. The molecule has 3 aromatic carbocycles. The number of thioether (sulfide) groups is 1. The number of ether oxygens (including phenoxy) is 1. The molecule has 0 atom stereocenters. The van der Waals surface area contributed by atoms with Crippen molar-refractivity contribution < 1.29 is 28.3 Å². The summed E-state index contributed by atoms with van der Waals surface area (Å²) in [5, 5.41) is 4.51. The highest BCUT2D eigenvalue weighted by molar-refractivity contribution is 8.18. The van der Waals surface area contributed by atoms with Crippen LogP contribution in [0.5, 0.6) is 5.75 Å². The summed E-state index contributed by atoms with van der Waals surface area (Å²) in [6.45, 7) is 1.20. The Labute approximate surface area is 226 Å². The smallest absolute Gasteiger partial charge is 0.294 e. The topological polar surface area (TPSA) is 105 Å². The number of benzene rings is 3. The summed E-state index contributed by atoms with van der Waals surface area (Å²) in [5.41, 5.74) is 2.51. The first-order chi connectivity index (χ1) is 18.2.